The van der Waals surface area contributed by atoms with Crippen LogP contribution in [0, 0.1) is 5.92 Å². The van der Waals surface area contributed by atoms with Crippen LogP contribution in [0.3, 0.4) is 0 Å². The van der Waals surface area contributed by atoms with Gasteiger partial charge in [0.1, 0.15) is 0 Å². The van der Waals surface area contributed by atoms with Crippen LogP contribution < -0.4 is 0 Å². The second kappa shape index (κ2) is 4.29. The number of hydrogen-bond donors (Lipinski definition) is 0. The summed E-state index contributed by atoms with van der Waals surface area (Å²) in [6.07, 6.45) is 0.931. The van der Waals surface area contributed by atoms with Crippen LogP contribution in [0.1, 0.15) is 73.5 Å². The molecule has 1 aromatic carbocycles. The number of fused-ring (bicyclic) bond motifs is 1. The molecule has 0 radical (unpaired) electrons. The van der Waals surface area contributed by atoms with E-state index in [9.17, 15) is 4.79 Å². The lowest BCUT2D eigenvalue weighted by Gasteiger charge is -2.16. The maximum absolute atomic E-state index is 12.1. The van der Waals surface area contributed by atoms with Crippen LogP contribution in [0.2, 0.25) is 0 Å². The summed E-state index contributed by atoms with van der Waals surface area (Å²) in [7, 11) is 0. The van der Waals surface area contributed by atoms with Gasteiger partial charge in [0.05, 0.1) is 0 Å². The van der Waals surface area contributed by atoms with Crippen molar-refractivity contribution in [2.75, 3.05) is 0 Å². The Labute approximate surface area is 104 Å². The minimum Gasteiger partial charge on any atom is -0.294 e. The molecule has 0 bridgehead atoms. The molecule has 0 heterocycles. The molecule has 0 amide bonds. The molecule has 92 valence electrons. The van der Waals surface area contributed by atoms with Gasteiger partial charge in [-0.15, -0.1) is 0 Å². The van der Waals surface area contributed by atoms with Gasteiger partial charge in [-0.1, -0.05) is 40.7 Å². The molecule has 0 aliphatic heterocycles. The zero-order valence-electron chi connectivity index (χ0n) is 11.5. The second-order valence-electron chi connectivity index (χ2n) is 5.92. The van der Waals surface area contributed by atoms with Crippen LogP contribution in [0.4, 0.5) is 0 Å². The number of carbonyl (C=O) groups is 1. The van der Waals surface area contributed by atoms with E-state index in [-0.39, 0.29) is 5.92 Å². The molecule has 0 saturated heterocycles. The largest absolute Gasteiger partial charge is 0.294 e. The maximum Gasteiger partial charge on any atom is 0.166 e. The van der Waals surface area contributed by atoms with Crippen LogP contribution >= 0.6 is 0 Å². The highest BCUT2D eigenvalue weighted by atomic mass is 16.1. The van der Waals surface area contributed by atoms with E-state index in [1.807, 2.05) is 6.92 Å². The SMILES string of the molecule is CC1Cc2c(cc(C(C)C)cc2C(C)C)C1=O. The molecule has 17 heavy (non-hydrogen) atoms. The summed E-state index contributed by atoms with van der Waals surface area (Å²) in [4.78, 5) is 12.1. The van der Waals surface area contributed by atoms with E-state index in [1.165, 1.54) is 16.7 Å². The van der Waals surface area contributed by atoms with Crippen molar-refractivity contribution in [1.29, 1.82) is 0 Å². The molecule has 0 N–H and O–H groups in total. The van der Waals surface area contributed by atoms with Crippen molar-refractivity contribution in [1.82, 2.24) is 0 Å². The molecule has 1 unspecified atom stereocenters. The van der Waals surface area contributed by atoms with Gasteiger partial charge < -0.3 is 0 Å². The summed E-state index contributed by atoms with van der Waals surface area (Å²) in [5.74, 6) is 1.50. The van der Waals surface area contributed by atoms with Gasteiger partial charge in [-0.3, -0.25) is 4.79 Å². The molecule has 2 rings (SSSR count). The van der Waals surface area contributed by atoms with Crippen molar-refractivity contribution in [2.24, 2.45) is 5.92 Å². The predicted octanol–water partition coefficient (Wildman–Crippen LogP) is 4.31. The lowest BCUT2D eigenvalue weighted by atomic mass is 9.89. The van der Waals surface area contributed by atoms with Crippen molar-refractivity contribution in [3.8, 4) is 0 Å². The van der Waals surface area contributed by atoms with Crippen LogP contribution in [0.15, 0.2) is 12.1 Å². The van der Waals surface area contributed by atoms with E-state index in [1.54, 1.807) is 0 Å². The van der Waals surface area contributed by atoms with Crippen LogP contribution in [-0.2, 0) is 6.42 Å². The molecule has 1 aliphatic rings. The Hall–Kier alpha value is -1.11. The summed E-state index contributed by atoms with van der Waals surface area (Å²) in [6.45, 7) is 10.9. The smallest absolute Gasteiger partial charge is 0.166 e. The highest BCUT2D eigenvalue weighted by Crippen LogP contribution is 2.35. The first-order chi connectivity index (χ1) is 7.91. The van der Waals surface area contributed by atoms with E-state index in [0.29, 0.717) is 17.6 Å². The molecular formula is C16H22O. The average molecular weight is 230 g/mol. The maximum atomic E-state index is 12.1. The first kappa shape index (κ1) is 12.3. The minimum atomic E-state index is 0.171. The number of benzene rings is 1. The lowest BCUT2D eigenvalue weighted by molar-refractivity contribution is 0.0946. The van der Waals surface area contributed by atoms with E-state index in [0.717, 1.165) is 12.0 Å². The first-order valence-electron chi connectivity index (χ1n) is 6.62. The molecule has 1 heteroatoms. The fraction of sp³-hybridized carbons (Fsp3) is 0.562. The monoisotopic (exact) mass is 230 g/mol. The van der Waals surface area contributed by atoms with Gasteiger partial charge in [0.2, 0.25) is 0 Å². The molecule has 1 aliphatic carbocycles. The molecule has 0 fully saturated rings. The fourth-order valence-corrected chi connectivity index (χ4v) is 2.68. The Kier molecular flexibility index (Phi) is 3.11. The Morgan fingerprint density at radius 3 is 2.29 bits per heavy atom. The van der Waals surface area contributed by atoms with Crippen molar-refractivity contribution < 1.29 is 4.79 Å². The Morgan fingerprint density at radius 1 is 1.12 bits per heavy atom. The molecule has 1 atom stereocenters. The third kappa shape index (κ3) is 2.03. The third-order valence-corrected chi connectivity index (χ3v) is 3.82. The summed E-state index contributed by atoms with van der Waals surface area (Å²) < 4.78 is 0. The summed E-state index contributed by atoms with van der Waals surface area (Å²) in [5, 5.41) is 0. The molecule has 0 aromatic heterocycles. The molecular weight excluding hydrogens is 208 g/mol. The van der Waals surface area contributed by atoms with E-state index in [4.69, 9.17) is 0 Å². The van der Waals surface area contributed by atoms with Gasteiger partial charge in [-0.05, 0) is 41.0 Å². The number of Topliss-reactive ketones (excluding diaryl/α,β-unsaturated/α-hetero) is 1. The van der Waals surface area contributed by atoms with Gasteiger partial charge in [0, 0.05) is 11.5 Å². The minimum absolute atomic E-state index is 0.171. The van der Waals surface area contributed by atoms with Crippen molar-refractivity contribution in [3.05, 3.63) is 34.4 Å². The quantitative estimate of drug-likeness (QED) is 0.740. The van der Waals surface area contributed by atoms with Gasteiger partial charge in [0.25, 0.3) is 0 Å². The molecule has 1 aromatic rings. The Balaban J connectivity index is 2.62. The first-order valence-corrected chi connectivity index (χ1v) is 6.62. The van der Waals surface area contributed by atoms with Crippen LogP contribution in [0.5, 0.6) is 0 Å². The van der Waals surface area contributed by atoms with Crippen molar-refractivity contribution >= 4 is 5.78 Å². The Morgan fingerprint density at radius 2 is 1.76 bits per heavy atom. The van der Waals surface area contributed by atoms with E-state index < -0.39 is 0 Å². The summed E-state index contributed by atoms with van der Waals surface area (Å²) in [5.41, 5.74) is 4.98. The fourth-order valence-electron chi connectivity index (χ4n) is 2.68. The Bertz CT molecular complexity index is 455. The number of ketones is 1. The highest BCUT2D eigenvalue weighted by Gasteiger charge is 2.30. The number of rotatable bonds is 2. The van der Waals surface area contributed by atoms with Crippen LogP contribution in [0.25, 0.3) is 0 Å². The van der Waals surface area contributed by atoms with E-state index >= 15 is 0 Å². The summed E-state index contributed by atoms with van der Waals surface area (Å²) in [6, 6.07) is 4.43. The summed E-state index contributed by atoms with van der Waals surface area (Å²) >= 11 is 0. The van der Waals surface area contributed by atoms with Gasteiger partial charge in [-0.25, -0.2) is 0 Å². The van der Waals surface area contributed by atoms with Crippen LogP contribution in [-0.4, -0.2) is 5.78 Å². The highest BCUT2D eigenvalue weighted by molar-refractivity contribution is 6.02. The third-order valence-electron chi connectivity index (χ3n) is 3.82. The number of carbonyl (C=O) groups excluding carboxylic acids is 1. The zero-order valence-corrected chi connectivity index (χ0v) is 11.5. The van der Waals surface area contributed by atoms with Crippen molar-refractivity contribution in [3.63, 3.8) is 0 Å². The van der Waals surface area contributed by atoms with Gasteiger partial charge >= 0.3 is 0 Å². The molecule has 0 spiro atoms. The topological polar surface area (TPSA) is 17.1 Å². The van der Waals surface area contributed by atoms with Gasteiger partial charge in [-0.2, -0.15) is 0 Å². The number of hydrogen-bond acceptors (Lipinski definition) is 1. The van der Waals surface area contributed by atoms with Gasteiger partial charge in [0.15, 0.2) is 5.78 Å². The normalized spacial score (nSPS) is 19.2. The second-order valence-corrected chi connectivity index (χ2v) is 5.92. The predicted molar refractivity (Wildman–Crippen MR) is 71.8 cm³/mol. The molecule has 1 nitrogen and oxygen atoms in total. The molecule has 0 saturated carbocycles. The lowest BCUT2D eigenvalue weighted by Crippen LogP contribution is -2.04. The average Bonchev–Trinajstić information content (AvgIpc) is 2.54. The van der Waals surface area contributed by atoms with Crippen molar-refractivity contribution in [2.45, 2.75) is 52.9 Å². The van der Waals surface area contributed by atoms with E-state index in [2.05, 4.69) is 39.8 Å². The standard InChI is InChI=1S/C16H22O/c1-9(2)12-7-13(10(3)4)14-6-11(5)16(17)15(14)8-12/h7-11H,6H2,1-5H3. The zero-order chi connectivity index (χ0) is 12.7.